The van der Waals surface area contributed by atoms with Gasteiger partial charge < -0.3 is 5.32 Å². The molecular formula is C24H21FN4. The molecule has 0 aliphatic rings. The van der Waals surface area contributed by atoms with Gasteiger partial charge in [0.15, 0.2) is 0 Å². The highest BCUT2D eigenvalue weighted by atomic mass is 19.1. The topological polar surface area (TPSA) is 50.7 Å². The Bertz CT molecular complexity index is 1110. The molecule has 0 aliphatic heterocycles. The van der Waals surface area contributed by atoms with Gasteiger partial charge in [0.25, 0.3) is 0 Å². The summed E-state index contributed by atoms with van der Waals surface area (Å²) >= 11 is 0. The van der Waals surface area contributed by atoms with Crippen LogP contribution in [0.3, 0.4) is 0 Å². The summed E-state index contributed by atoms with van der Waals surface area (Å²) in [7, 11) is 0. The second-order valence-corrected chi connectivity index (χ2v) is 6.93. The highest BCUT2D eigenvalue weighted by Crippen LogP contribution is 2.26. The molecule has 0 saturated heterocycles. The van der Waals surface area contributed by atoms with Crippen molar-refractivity contribution in [2.24, 2.45) is 0 Å². The second-order valence-electron chi connectivity index (χ2n) is 6.93. The van der Waals surface area contributed by atoms with Gasteiger partial charge in [-0.1, -0.05) is 42.5 Å². The van der Waals surface area contributed by atoms with Crippen LogP contribution < -0.4 is 5.32 Å². The highest BCUT2D eigenvalue weighted by molar-refractivity contribution is 5.71. The number of nitrogens with zero attached hydrogens (tertiary/aromatic N) is 3. The van der Waals surface area contributed by atoms with E-state index in [4.69, 9.17) is 0 Å². The molecule has 2 aromatic carbocycles. The summed E-state index contributed by atoms with van der Waals surface area (Å²) in [4.78, 5) is 13.5. The zero-order valence-corrected chi connectivity index (χ0v) is 16.3. The molecule has 4 nitrogen and oxygen atoms in total. The number of aromatic nitrogens is 3. The lowest BCUT2D eigenvalue weighted by molar-refractivity contribution is 0.628. The zero-order valence-electron chi connectivity index (χ0n) is 16.3. The van der Waals surface area contributed by atoms with E-state index in [1.165, 1.54) is 17.7 Å². The Morgan fingerprint density at radius 1 is 0.828 bits per heavy atom. The molecule has 1 N–H and O–H groups in total. The van der Waals surface area contributed by atoms with E-state index >= 15 is 0 Å². The fraction of sp³-hybridized carbons (Fsp3) is 0.125. The van der Waals surface area contributed by atoms with E-state index < -0.39 is 0 Å². The molecule has 5 heteroatoms. The van der Waals surface area contributed by atoms with Crippen molar-refractivity contribution in [2.45, 2.75) is 19.9 Å². The molecule has 0 bridgehead atoms. The van der Waals surface area contributed by atoms with Gasteiger partial charge in [0, 0.05) is 35.6 Å². The maximum absolute atomic E-state index is 13.2. The van der Waals surface area contributed by atoms with Gasteiger partial charge in [0.05, 0.1) is 5.69 Å². The lowest BCUT2D eigenvalue weighted by atomic mass is 10.0. The van der Waals surface area contributed by atoms with Crippen molar-refractivity contribution >= 4 is 5.82 Å². The number of rotatable bonds is 5. The summed E-state index contributed by atoms with van der Waals surface area (Å²) in [6.07, 6.45) is 3.54. The zero-order chi connectivity index (χ0) is 20.2. The molecule has 0 aliphatic carbocycles. The molecule has 1 unspecified atom stereocenters. The van der Waals surface area contributed by atoms with Crippen molar-refractivity contribution in [3.63, 3.8) is 0 Å². The fourth-order valence-electron chi connectivity index (χ4n) is 3.22. The minimum Gasteiger partial charge on any atom is -0.363 e. The molecule has 0 radical (unpaired) electrons. The Morgan fingerprint density at radius 2 is 1.55 bits per heavy atom. The quantitative estimate of drug-likeness (QED) is 0.471. The third-order valence-electron chi connectivity index (χ3n) is 4.71. The van der Waals surface area contributed by atoms with Crippen LogP contribution in [0.15, 0.2) is 79.1 Å². The molecule has 29 heavy (non-hydrogen) atoms. The summed E-state index contributed by atoms with van der Waals surface area (Å²) in [5.41, 5.74) is 4.67. The number of pyridine rings is 1. The molecule has 1 atom stereocenters. The van der Waals surface area contributed by atoms with E-state index in [0.29, 0.717) is 5.82 Å². The van der Waals surface area contributed by atoms with Gasteiger partial charge in [-0.2, -0.15) is 0 Å². The second kappa shape index (κ2) is 8.19. The van der Waals surface area contributed by atoms with Crippen LogP contribution in [0.1, 0.15) is 24.4 Å². The highest BCUT2D eigenvalue weighted by Gasteiger charge is 2.10. The summed E-state index contributed by atoms with van der Waals surface area (Å²) in [6.45, 7) is 3.97. The van der Waals surface area contributed by atoms with Gasteiger partial charge in [-0.3, -0.25) is 4.98 Å². The number of hydrogen-bond donors (Lipinski definition) is 1. The third kappa shape index (κ3) is 4.46. The lowest BCUT2D eigenvalue weighted by Gasteiger charge is -2.16. The van der Waals surface area contributed by atoms with Crippen molar-refractivity contribution in [3.05, 3.63) is 96.3 Å². The Labute approximate surface area is 169 Å². The first-order valence-corrected chi connectivity index (χ1v) is 9.47. The number of nitrogens with one attached hydrogen (secondary N) is 1. The van der Waals surface area contributed by atoms with Crippen LogP contribution in [0.4, 0.5) is 10.2 Å². The largest absolute Gasteiger partial charge is 0.363 e. The molecule has 0 saturated carbocycles. The predicted molar refractivity (Wildman–Crippen MR) is 114 cm³/mol. The molecule has 4 rings (SSSR count). The maximum Gasteiger partial charge on any atom is 0.130 e. The lowest BCUT2D eigenvalue weighted by Crippen LogP contribution is -2.09. The van der Waals surface area contributed by atoms with Gasteiger partial charge >= 0.3 is 0 Å². The summed E-state index contributed by atoms with van der Waals surface area (Å²) in [5.74, 6) is 1.18. The third-order valence-corrected chi connectivity index (χ3v) is 4.71. The smallest absolute Gasteiger partial charge is 0.130 e. The van der Waals surface area contributed by atoms with Crippen LogP contribution in [0.5, 0.6) is 0 Å². The Balaban J connectivity index is 1.64. The minimum atomic E-state index is -0.257. The normalized spacial score (nSPS) is 11.8. The molecule has 0 spiro atoms. The summed E-state index contributed by atoms with van der Waals surface area (Å²) in [5, 5.41) is 3.45. The van der Waals surface area contributed by atoms with Crippen LogP contribution in [0.25, 0.3) is 22.4 Å². The van der Waals surface area contributed by atoms with Gasteiger partial charge in [0.2, 0.25) is 0 Å². The van der Waals surface area contributed by atoms with Crippen LogP contribution in [-0.4, -0.2) is 15.0 Å². The number of anilines is 1. The maximum atomic E-state index is 13.2. The fourth-order valence-corrected chi connectivity index (χ4v) is 3.22. The Morgan fingerprint density at radius 3 is 2.31 bits per heavy atom. The Hall–Kier alpha value is -3.60. The van der Waals surface area contributed by atoms with Gasteiger partial charge in [-0.25, -0.2) is 14.4 Å². The minimum absolute atomic E-state index is 0.113. The van der Waals surface area contributed by atoms with E-state index in [1.807, 2.05) is 37.3 Å². The van der Waals surface area contributed by atoms with Gasteiger partial charge in [-0.15, -0.1) is 0 Å². The predicted octanol–water partition coefficient (Wildman–Crippen LogP) is 5.83. The van der Waals surface area contributed by atoms with Crippen molar-refractivity contribution in [3.8, 4) is 22.4 Å². The molecule has 2 heterocycles. The van der Waals surface area contributed by atoms with Gasteiger partial charge in [-0.05, 0) is 43.2 Å². The standard InChI is InChI=1S/C24H21FN4/c1-16(18-6-4-3-5-7-18)27-24-13-23(28-17(2)29-24)21-12-20(14-26-15-21)19-8-10-22(25)11-9-19/h3-16H,1-2H3,(H,27,28,29). The van der Waals surface area contributed by atoms with Crippen molar-refractivity contribution in [2.75, 3.05) is 5.32 Å². The monoisotopic (exact) mass is 384 g/mol. The first-order chi connectivity index (χ1) is 14.1. The number of halogens is 1. The number of hydrogen-bond acceptors (Lipinski definition) is 4. The van der Waals surface area contributed by atoms with E-state index in [9.17, 15) is 4.39 Å². The average molecular weight is 384 g/mol. The molecule has 144 valence electrons. The summed E-state index contributed by atoms with van der Waals surface area (Å²) in [6, 6.07) is 20.7. The number of aryl methyl sites for hydroxylation is 1. The van der Waals surface area contributed by atoms with E-state index in [-0.39, 0.29) is 11.9 Å². The van der Waals surface area contributed by atoms with Crippen molar-refractivity contribution in [1.29, 1.82) is 0 Å². The summed E-state index contributed by atoms with van der Waals surface area (Å²) < 4.78 is 13.2. The van der Waals surface area contributed by atoms with E-state index in [2.05, 4.69) is 39.3 Å². The molecule has 4 aromatic rings. The first-order valence-electron chi connectivity index (χ1n) is 9.47. The number of benzene rings is 2. The molecule has 0 amide bonds. The van der Waals surface area contributed by atoms with E-state index in [0.717, 1.165) is 28.2 Å². The van der Waals surface area contributed by atoms with Crippen molar-refractivity contribution < 1.29 is 4.39 Å². The molecule has 2 aromatic heterocycles. The Kier molecular flexibility index (Phi) is 5.29. The SMILES string of the molecule is Cc1nc(NC(C)c2ccccc2)cc(-c2cncc(-c3ccc(F)cc3)c2)n1. The van der Waals surface area contributed by atoms with Crippen molar-refractivity contribution in [1.82, 2.24) is 15.0 Å². The molecular weight excluding hydrogens is 363 g/mol. The van der Waals surface area contributed by atoms with Crippen LogP contribution in [0.2, 0.25) is 0 Å². The van der Waals surface area contributed by atoms with E-state index in [1.54, 1.807) is 24.5 Å². The van der Waals surface area contributed by atoms with Crippen LogP contribution >= 0.6 is 0 Å². The first kappa shape index (κ1) is 18.7. The van der Waals surface area contributed by atoms with Crippen LogP contribution in [0, 0.1) is 12.7 Å². The van der Waals surface area contributed by atoms with Gasteiger partial charge in [0.1, 0.15) is 17.5 Å². The molecule has 0 fully saturated rings. The average Bonchev–Trinajstić information content (AvgIpc) is 2.74. The van der Waals surface area contributed by atoms with Crippen LogP contribution in [-0.2, 0) is 0 Å².